The molecule has 0 fully saturated rings. The summed E-state index contributed by atoms with van der Waals surface area (Å²) >= 11 is 5.79. The van der Waals surface area contributed by atoms with Crippen molar-refractivity contribution in [1.29, 1.82) is 0 Å². The van der Waals surface area contributed by atoms with E-state index in [1.165, 1.54) is 0 Å². The molecule has 0 atom stereocenters. The molecule has 1 heterocycles. The highest BCUT2D eigenvalue weighted by atomic mass is 127. The Kier molecular flexibility index (Phi) is 17.3. The van der Waals surface area contributed by atoms with Crippen LogP contribution in [0.25, 0.3) is 0 Å². The predicted octanol–water partition coefficient (Wildman–Crippen LogP) is 3.28. The molecule has 0 radical (unpaired) electrons. The van der Waals surface area contributed by atoms with Crippen LogP contribution in [0.1, 0.15) is 32.3 Å². The Morgan fingerprint density at radius 2 is 1.88 bits per heavy atom. The number of rotatable bonds is 13. The highest BCUT2D eigenvalue weighted by Crippen LogP contribution is 2.05. The third-order valence-electron chi connectivity index (χ3n) is 3.36. The van der Waals surface area contributed by atoms with Crippen molar-refractivity contribution in [3.05, 3.63) is 29.0 Å². The summed E-state index contributed by atoms with van der Waals surface area (Å²) in [6, 6.07) is 3.79. The summed E-state index contributed by atoms with van der Waals surface area (Å²) in [5, 5.41) is 7.05. The number of pyridine rings is 1. The van der Waals surface area contributed by atoms with Crippen molar-refractivity contribution >= 4 is 41.5 Å². The summed E-state index contributed by atoms with van der Waals surface area (Å²) in [5.74, 6) is 0.798. The van der Waals surface area contributed by atoms with E-state index >= 15 is 0 Å². The van der Waals surface area contributed by atoms with E-state index in [0.717, 1.165) is 50.5 Å². The van der Waals surface area contributed by atoms with E-state index in [2.05, 4.69) is 27.5 Å². The van der Waals surface area contributed by atoms with Gasteiger partial charge in [-0.05, 0) is 31.4 Å². The quantitative estimate of drug-likeness (QED) is 0.144. The fraction of sp³-hybridized carbons (Fsp3) is 0.667. The van der Waals surface area contributed by atoms with Gasteiger partial charge in [0, 0.05) is 25.9 Å². The smallest absolute Gasteiger partial charge is 0.191 e. The molecule has 0 aliphatic heterocycles. The lowest BCUT2D eigenvalue weighted by Crippen LogP contribution is -2.38. The van der Waals surface area contributed by atoms with Gasteiger partial charge >= 0.3 is 0 Å². The zero-order chi connectivity index (χ0) is 18.2. The van der Waals surface area contributed by atoms with Gasteiger partial charge in [0.25, 0.3) is 0 Å². The molecule has 0 saturated carbocycles. The second kappa shape index (κ2) is 17.8. The zero-order valence-electron chi connectivity index (χ0n) is 15.8. The SMILES string of the molecule is CCCCOCCOCCN=C(NCC)NCCc1ccc(Cl)nc1.I. The number of aliphatic imine (C=N–C) groups is 1. The van der Waals surface area contributed by atoms with Crippen LogP contribution in [0.15, 0.2) is 23.3 Å². The first-order valence-electron chi connectivity index (χ1n) is 9.04. The third-order valence-corrected chi connectivity index (χ3v) is 3.58. The van der Waals surface area contributed by atoms with Gasteiger partial charge in [-0.15, -0.1) is 24.0 Å². The van der Waals surface area contributed by atoms with Crippen molar-refractivity contribution in [3.63, 3.8) is 0 Å². The van der Waals surface area contributed by atoms with E-state index in [1.54, 1.807) is 12.3 Å². The molecule has 6 nitrogen and oxygen atoms in total. The van der Waals surface area contributed by atoms with Crippen molar-refractivity contribution in [2.45, 2.75) is 33.1 Å². The lowest BCUT2D eigenvalue weighted by molar-refractivity contribution is 0.0497. The maximum absolute atomic E-state index is 5.79. The van der Waals surface area contributed by atoms with Crippen LogP contribution in [0.4, 0.5) is 0 Å². The normalized spacial score (nSPS) is 11.1. The fourth-order valence-corrected chi connectivity index (χ4v) is 2.12. The fourth-order valence-electron chi connectivity index (χ4n) is 2.01. The molecule has 0 amide bonds. The number of guanidine groups is 1. The molecule has 2 N–H and O–H groups in total. The van der Waals surface area contributed by atoms with E-state index in [-0.39, 0.29) is 24.0 Å². The number of nitrogens with one attached hydrogen (secondary N) is 2. The van der Waals surface area contributed by atoms with Crippen molar-refractivity contribution < 1.29 is 9.47 Å². The lowest BCUT2D eigenvalue weighted by atomic mass is 10.2. The zero-order valence-corrected chi connectivity index (χ0v) is 18.9. The number of hydrogen-bond donors (Lipinski definition) is 2. The molecule has 1 aromatic rings. The topological polar surface area (TPSA) is 67.8 Å². The number of nitrogens with zero attached hydrogens (tertiary/aromatic N) is 2. The largest absolute Gasteiger partial charge is 0.379 e. The summed E-state index contributed by atoms with van der Waals surface area (Å²) < 4.78 is 11.0. The van der Waals surface area contributed by atoms with Crippen LogP contribution in [0, 0.1) is 0 Å². The summed E-state index contributed by atoms with van der Waals surface area (Å²) in [7, 11) is 0. The van der Waals surface area contributed by atoms with E-state index < -0.39 is 0 Å². The number of hydrogen-bond acceptors (Lipinski definition) is 4. The lowest BCUT2D eigenvalue weighted by Gasteiger charge is -2.11. The molecule has 1 rings (SSSR count). The minimum absolute atomic E-state index is 0. The van der Waals surface area contributed by atoms with Crippen LogP contribution in [-0.2, 0) is 15.9 Å². The van der Waals surface area contributed by atoms with Gasteiger partial charge in [-0.25, -0.2) is 4.98 Å². The molecule has 0 aliphatic carbocycles. The van der Waals surface area contributed by atoms with E-state index in [1.807, 2.05) is 13.0 Å². The van der Waals surface area contributed by atoms with Gasteiger partial charge in [0.05, 0.1) is 26.4 Å². The first-order valence-corrected chi connectivity index (χ1v) is 9.42. The second-order valence-corrected chi connectivity index (χ2v) is 5.89. The number of halogens is 2. The van der Waals surface area contributed by atoms with Crippen LogP contribution >= 0.6 is 35.6 Å². The first kappa shape index (κ1) is 25.4. The highest BCUT2D eigenvalue weighted by molar-refractivity contribution is 14.0. The van der Waals surface area contributed by atoms with Gasteiger partial charge in [0.1, 0.15) is 5.15 Å². The molecule has 0 aliphatic rings. The van der Waals surface area contributed by atoms with Crippen LogP contribution in [-0.4, -0.2) is 57.0 Å². The average Bonchev–Trinajstić information content (AvgIpc) is 2.62. The van der Waals surface area contributed by atoms with Crippen LogP contribution in [0.3, 0.4) is 0 Å². The van der Waals surface area contributed by atoms with Gasteiger partial charge in [0.15, 0.2) is 5.96 Å². The monoisotopic (exact) mass is 498 g/mol. The molecule has 150 valence electrons. The molecule has 1 aromatic heterocycles. The molecule has 0 bridgehead atoms. The van der Waals surface area contributed by atoms with Crippen LogP contribution in [0.2, 0.25) is 5.15 Å². The Hall–Kier alpha value is -0.640. The maximum Gasteiger partial charge on any atom is 0.191 e. The molecule has 26 heavy (non-hydrogen) atoms. The molecule has 0 aromatic carbocycles. The van der Waals surface area contributed by atoms with Crippen LogP contribution < -0.4 is 10.6 Å². The van der Waals surface area contributed by atoms with Gasteiger partial charge < -0.3 is 20.1 Å². The average molecular weight is 499 g/mol. The Morgan fingerprint density at radius 3 is 2.54 bits per heavy atom. The van der Waals surface area contributed by atoms with E-state index in [4.69, 9.17) is 21.1 Å². The van der Waals surface area contributed by atoms with Crippen molar-refractivity contribution in [1.82, 2.24) is 15.6 Å². The number of ether oxygens (including phenoxy) is 2. The Morgan fingerprint density at radius 1 is 1.12 bits per heavy atom. The molecular formula is C18H32ClIN4O2. The summed E-state index contributed by atoms with van der Waals surface area (Å²) in [6.45, 7) is 9.09. The molecule has 0 spiro atoms. The standard InChI is InChI=1S/C18H31ClN4O2.HI/c1-3-5-11-24-13-14-25-12-10-22-18(20-4-2)21-9-8-16-6-7-17(19)23-15-16;/h6-7,15H,3-5,8-14H2,1-2H3,(H2,20,21,22);1H. The first-order chi connectivity index (χ1) is 12.3. The number of aromatic nitrogens is 1. The molecule has 0 unspecified atom stereocenters. The Labute approximate surface area is 179 Å². The maximum atomic E-state index is 5.79. The molecule has 0 saturated heterocycles. The summed E-state index contributed by atoms with van der Waals surface area (Å²) in [6.07, 6.45) is 4.92. The summed E-state index contributed by atoms with van der Waals surface area (Å²) in [4.78, 5) is 8.58. The van der Waals surface area contributed by atoms with Gasteiger partial charge in [-0.1, -0.05) is 31.0 Å². The van der Waals surface area contributed by atoms with Gasteiger partial charge in [-0.3, -0.25) is 4.99 Å². The van der Waals surface area contributed by atoms with Crippen LogP contribution in [0.5, 0.6) is 0 Å². The minimum Gasteiger partial charge on any atom is -0.379 e. The van der Waals surface area contributed by atoms with E-state index in [9.17, 15) is 0 Å². The Balaban J connectivity index is 0.00000625. The summed E-state index contributed by atoms with van der Waals surface area (Å²) in [5.41, 5.74) is 1.14. The van der Waals surface area contributed by atoms with E-state index in [0.29, 0.717) is 31.5 Å². The Bertz CT molecular complexity index is 475. The minimum atomic E-state index is 0. The molecule has 8 heteroatoms. The van der Waals surface area contributed by atoms with Crippen molar-refractivity contribution in [3.8, 4) is 0 Å². The number of unbranched alkanes of at least 4 members (excludes halogenated alkanes) is 1. The predicted molar refractivity (Wildman–Crippen MR) is 119 cm³/mol. The molecular weight excluding hydrogens is 467 g/mol. The third kappa shape index (κ3) is 13.5. The van der Waals surface area contributed by atoms with Crippen molar-refractivity contribution in [2.75, 3.05) is 46.1 Å². The van der Waals surface area contributed by atoms with Gasteiger partial charge in [-0.2, -0.15) is 0 Å². The second-order valence-electron chi connectivity index (χ2n) is 5.50. The highest BCUT2D eigenvalue weighted by Gasteiger charge is 1.99. The van der Waals surface area contributed by atoms with Gasteiger partial charge in [0.2, 0.25) is 0 Å². The van der Waals surface area contributed by atoms with Crippen molar-refractivity contribution in [2.24, 2.45) is 4.99 Å².